The third-order valence-corrected chi connectivity index (χ3v) is 4.48. The van der Waals surface area contributed by atoms with Crippen LogP contribution in [0, 0.1) is 18.6 Å². The molecular formula is C13H18F2N2O2S. The molecule has 112 valence electrons. The Bertz CT molecular complexity index is 586. The molecule has 0 unspecified atom stereocenters. The second-order valence-electron chi connectivity index (χ2n) is 5.06. The quantitative estimate of drug-likeness (QED) is 0.759. The largest absolute Gasteiger partial charge is 0.314 e. The van der Waals surface area contributed by atoms with E-state index in [1.165, 1.54) is 13.0 Å². The van der Waals surface area contributed by atoms with Gasteiger partial charge in [0, 0.05) is 6.04 Å². The van der Waals surface area contributed by atoms with Gasteiger partial charge in [0.25, 0.3) is 0 Å². The summed E-state index contributed by atoms with van der Waals surface area (Å²) in [7, 11) is -3.74. The summed E-state index contributed by atoms with van der Waals surface area (Å²) in [4.78, 5) is 0. The Morgan fingerprint density at radius 3 is 2.65 bits per heavy atom. The highest BCUT2D eigenvalue weighted by Crippen LogP contribution is 2.23. The van der Waals surface area contributed by atoms with Crippen LogP contribution in [0.3, 0.4) is 0 Å². The molecule has 0 aliphatic heterocycles. The van der Waals surface area contributed by atoms with Gasteiger partial charge in [-0.1, -0.05) is 6.07 Å². The van der Waals surface area contributed by atoms with Crippen molar-refractivity contribution in [1.82, 2.24) is 5.32 Å². The molecule has 0 bridgehead atoms. The third kappa shape index (κ3) is 4.14. The van der Waals surface area contributed by atoms with Crippen molar-refractivity contribution in [2.24, 2.45) is 0 Å². The van der Waals surface area contributed by atoms with Gasteiger partial charge in [0.2, 0.25) is 10.0 Å². The van der Waals surface area contributed by atoms with Gasteiger partial charge in [0.05, 0.1) is 5.75 Å². The average molecular weight is 304 g/mol. The van der Waals surface area contributed by atoms with Crippen molar-refractivity contribution in [2.75, 3.05) is 17.0 Å². The zero-order valence-electron chi connectivity index (χ0n) is 11.2. The van der Waals surface area contributed by atoms with Crippen LogP contribution in [-0.2, 0) is 10.0 Å². The number of aryl methyl sites for hydroxylation is 1. The summed E-state index contributed by atoms with van der Waals surface area (Å²) in [5.74, 6) is -1.95. The fourth-order valence-corrected chi connectivity index (χ4v) is 2.94. The lowest BCUT2D eigenvalue weighted by Crippen LogP contribution is -2.24. The van der Waals surface area contributed by atoms with Gasteiger partial charge >= 0.3 is 0 Å². The molecule has 1 aliphatic rings. The van der Waals surface area contributed by atoms with Gasteiger partial charge in [-0.25, -0.2) is 17.2 Å². The normalized spacial score (nSPS) is 15.3. The van der Waals surface area contributed by atoms with Crippen LogP contribution in [0.2, 0.25) is 0 Å². The standard InChI is InChI=1S/C13H18F2N2O2S/c1-9-3-6-11(14)13(12(9)15)17-20(18,19)8-2-7-16-10-4-5-10/h3,6,10,16-17H,2,4-5,7-8H2,1H3. The maximum Gasteiger partial charge on any atom is 0.232 e. The third-order valence-electron chi connectivity index (χ3n) is 3.14. The molecule has 0 radical (unpaired) electrons. The number of hydrogen-bond donors (Lipinski definition) is 2. The minimum Gasteiger partial charge on any atom is -0.314 e. The molecule has 7 heteroatoms. The van der Waals surface area contributed by atoms with Gasteiger partial charge in [-0.15, -0.1) is 0 Å². The zero-order chi connectivity index (χ0) is 14.8. The van der Waals surface area contributed by atoms with Crippen molar-refractivity contribution in [1.29, 1.82) is 0 Å². The molecule has 4 nitrogen and oxygen atoms in total. The van der Waals surface area contributed by atoms with Crippen LogP contribution >= 0.6 is 0 Å². The van der Waals surface area contributed by atoms with Crippen LogP contribution in [0.1, 0.15) is 24.8 Å². The molecule has 1 saturated carbocycles. The number of hydrogen-bond acceptors (Lipinski definition) is 3. The van der Waals surface area contributed by atoms with Crippen LogP contribution in [0.15, 0.2) is 12.1 Å². The average Bonchev–Trinajstić information content (AvgIpc) is 3.19. The molecule has 0 spiro atoms. The molecule has 20 heavy (non-hydrogen) atoms. The monoisotopic (exact) mass is 304 g/mol. The maximum atomic E-state index is 13.7. The Kier molecular flexibility index (Phi) is 4.59. The first kappa shape index (κ1) is 15.2. The molecule has 0 aromatic heterocycles. The van der Waals surface area contributed by atoms with E-state index < -0.39 is 27.3 Å². The van der Waals surface area contributed by atoms with E-state index in [4.69, 9.17) is 0 Å². The van der Waals surface area contributed by atoms with E-state index in [2.05, 4.69) is 5.32 Å². The minimum absolute atomic E-state index is 0.167. The lowest BCUT2D eigenvalue weighted by atomic mass is 10.2. The smallest absolute Gasteiger partial charge is 0.232 e. The van der Waals surface area contributed by atoms with Crippen LogP contribution in [-0.4, -0.2) is 26.8 Å². The molecule has 0 amide bonds. The van der Waals surface area contributed by atoms with Gasteiger partial charge in [-0.3, -0.25) is 4.72 Å². The first-order chi connectivity index (χ1) is 9.39. The van der Waals surface area contributed by atoms with Crippen molar-refractivity contribution < 1.29 is 17.2 Å². The molecule has 2 rings (SSSR count). The van der Waals surface area contributed by atoms with Gasteiger partial charge in [-0.05, 0) is 44.4 Å². The van der Waals surface area contributed by atoms with Gasteiger partial charge in [-0.2, -0.15) is 0 Å². The van der Waals surface area contributed by atoms with Crippen LogP contribution in [0.25, 0.3) is 0 Å². The Balaban J connectivity index is 1.94. The maximum absolute atomic E-state index is 13.7. The summed E-state index contributed by atoms with van der Waals surface area (Å²) in [5, 5.41) is 3.18. The van der Waals surface area contributed by atoms with E-state index in [0.717, 1.165) is 18.9 Å². The number of nitrogens with one attached hydrogen (secondary N) is 2. The minimum atomic E-state index is -3.74. The van der Waals surface area contributed by atoms with E-state index in [-0.39, 0.29) is 11.3 Å². The predicted molar refractivity (Wildman–Crippen MR) is 74.1 cm³/mol. The fourth-order valence-electron chi connectivity index (χ4n) is 1.81. The Morgan fingerprint density at radius 2 is 2.00 bits per heavy atom. The molecule has 2 N–H and O–H groups in total. The van der Waals surface area contributed by atoms with Crippen molar-refractivity contribution in [2.45, 2.75) is 32.2 Å². The van der Waals surface area contributed by atoms with Crippen molar-refractivity contribution in [3.63, 3.8) is 0 Å². The number of benzene rings is 1. The molecular weight excluding hydrogens is 286 g/mol. The molecule has 1 fully saturated rings. The topological polar surface area (TPSA) is 58.2 Å². The molecule has 1 aromatic carbocycles. The van der Waals surface area contributed by atoms with Crippen LogP contribution in [0.5, 0.6) is 0 Å². The van der Waals surface area contributed by atoms with Crippen LogP contribution in [0.4, 0.5) is 14.5 Å². The lowest BCUT2D eigenvalue weighted by Gasteiger charge is -2.11. The Labute approximate surface area is 117 Å². The number of rotatable bonds is 7. The molecule has 0 saturated heterocycles. The first-order valence-corrected chi connectivity index (χ1v) is 8.23. The Morgan fingerprint density at radius 1 is 1.30 bits per heavy atom. The highest BCUT2D eigenvalue weighted by atomic mass is 32.2. The fraction of sp³-hybridized carbons (Fsp3) is 0.538. The highest BCUT2D eigenvalue weighted by Gasteiger charge is 2.21. The summed E-state index contributed by atoms with van der Waals surface area (Å²) in [6.07, 6.45) is 2.66. The lowest BCUT2D eigenvalue weighted by molar-refractivity contribution is 0.576. The van der Waals surface area contributed by atoms with Gasteiger partial charge in [0.1, 0.15) is 11.5 Å². The van der Waals surface area contributed by atoms with Gasteiger partial charge in [0.15, 0.2) is 5.82 Å². The van der Waals surface area contributed by atoms with E-state index in [1.807, 2.05) is 4.72 Å². The van der Waals surface area contributed by atoms with Crippen LogP contribution < -0.4 is 10.0 Å². The number of sulfonamides is 1. The SMILES string of the molecule is Cc1ccc(F)c(NS(=O)(=O)CCCNC2CC2)c1F. The summed E-state index contributed by atoms with van der Waals surface area (Å²) in [6.45, 7) is 2.04. The molecule has 0 heterocycles. The van der Waals surface area contributed by atoms with E-state index >= 15 is 0 Å². The Hall–Kier alpha value is -1.21. The second kappa shape index (κ2) is 6.05. The molecule has 1 aliphatic carbocycles. The zero-order valence-corrected chi connectivity index (χ0v) is 12.1. The number of anilines is 1. The summed E-state index contributed by atoms with van der Waals surface area (Å²) < 4.78 is 52.8. The molecule has 0 atom stereocenters. The van der Waals surface area contributed by atoms with Crippen molar-refractivity contribution in [3.8, 4) is 0 Å². The first-order valence-electron chi connectivity index (χ1n) is 6.57. The highest BCUT2D eigenvalue weighted by molar-refractivity contribution is 7.92. The second-order valence-corrected chi connectivity index (χ2v) is 6.90. The van der Waals surface area contributed by atoms with E-state index in [9.17, 15) is 17.2 Å². The van der Waals surface area contributed by atoms with Gasteiger partial charge < -0.3 is 5.32 Å². The summed E-state index contributed by atoms with van der Waals surface area (Å²) in [6, 6.07) is 2.82. The molecule has 1 aromatic rings. The summed E-state index contributed by atoms with van der Waals surface area (Å²) in [5.41, 5.74) is -0.403. The van der Waals surface area contributed by atoms with Crippen molar-refractivity contribution >= 4 is 15.7 Å². The van der Waals surface area contributed by atoms with E-state index in [1.54, 1.807) is 0 Å². The summed E-state index contributed by atoms with van der Waals surface area (Å²) >= 11 is 0. The number of halogens is 2. The van der Waals surface area contributed by atoms with E-state index in [0.29, 0.717) is 19.0 Å². The van der Waals surface area contributed by atoms with Crippen molar-refractivity contribution in [3.05, 3.63) is 29.3 Å². The predicted octanol–water partition coefficient (Wildman–Crippen LogP) is 2.16.